The molecule has 7 heteroatoms. The first-order chi connectivity index (χ1) is 18.9. The first-order valence-corrected chi connectivity index (χ1v) is 14.0. The number of carbonyl (C=O) groups is 1. The van der Waals surface area contributed by atoms with Crippen LogP contribution in [-0.2, 0) is 0 Å². The summed E-state index contributed by atoms with van der Waals surface area (Å²) in [4.78, 5) is 22.9. The lowest BCUT2D eigenvalue weighted by molar-refractivity contribution is 0.0946. The molecule has 39 heavy (non-hydrogen) atoms. The largest absolute Gasteiger partial charge is 0.369 e. The van der Waals surface area contributed by atoms with Crippen molar-refractivity contribution in [3.63, 3.8) is 0 Å². The number of hydrogen-bond donors (Lipinski definition) is 1. The molecule has 0 unspecified atom stereocenters. The first kappa shape index (κ1) is 27.0. The van der Waals surface area contributed by atoms with Crippen LogP contribution in [0.1, 0.15) is 33.7 Å². The van der Waals surface area contributed by atoms with Gasteiger partial charge in [-0.25, -0.2) is 4.98 Å². The zero-order valence-electron chi connectivity index (χ0n) is 23.0. The Labute approximate surface area is 236 Å². The Balaban J connectivity index is 1.19. The Morgan fingerprint density at radius 1 is 0.897 bits per heavy atom. The lowest BCUT2D eigenvalue weighted by Gasteiger charge is -2.37. The molecular formula is C32H36ClN5O. The minimum atomic E-state index is -0.128. The fourth-order valence-corrected chi connectivity index (χ4v) is 5.42. The minimum Gasteiger partial charge on any atom is -0.369 e. The number of aryl methyl sites for hydroxylation is 1. The number of anilines is 1. The Morgan fingerprint density at radius 3 is 2.33 bits per heavy atom. The normalized spacial score (nSPS) is 14.0. The number of benzene rings is 3. The van der Waals surface area contributed by atoms with Gasteiger partial charge >= 0.3 is 0 Å². The molecule has 1 saturated heterocycles. The first-order valence-electron chi connectivity index (χ1n) is 13.6. The van der Waals surface area contributed by atoms with Crippen molar-refractivity contribution < 1.29 is 4.79 Å². The average molecular weight is 542 g/mol. The summed E-state index contributed by atoms with van der Waals surface area (Å²) in [6, 6.07) is 24.5. The van der Waals surface area contributed by atoms with Crippen molar-refractivity contribution in [2.75, 3.05) is 44.2 Å². The van der Waals surface area contributed by atoms with Gasteiger partial charge in [0.05, 0.1) is 5.69 Å². The van der Waals surface area contributed by atoms with Crippen molar-refractivity contribution in [1.82, 2.24) is 19.8 Å². The monoisotopic (exact) mass is 541 g/mol. The van der Waals surface area contributed by atoms with Crippen LogP contribution in [0.4, 0.5) is 5.69 Å². The van der Waals surface area contributed by atoms with Crippen LogP contribution in [0.15, 0.2) is 72.8 Å². The summed E-state index contributed by atoms with van der Waals surface area (Å²) in [5.74, 6) is 0.645. The highest BCUT2D eigenvalue weighted by Gasteiger charge is 2.22. The maximum absolute atomic E-state index is 13.2. The zero-order valence-corrected chi connectivity index (χ0v) is 23.7. The molecule has 2 heterocycles. The number of nitrogens with one attached hydrogen (secondary N) is 1. The molecule has 6 nitrogen and oxygen atoms in total. The number of imidazole rings is 1. The molecule has 1 aliphatic heterocycles. The quantitative estimate of drug-likeness (QED) is 0.275. The van der Waals surface area contributed by atoms with Crippen LogP contribution >= 0.6 is 11.6 Å². The van der Waals surface area contributed by atoms with Gasteiger partial charge in [-0.2, -0.15) is 0 Å². The molecule has 3 aromatic carbocycles. The van der Waals surface area contributed by atoms with E-state index in [9.17, 15) is 4.79 Å². The lowest BCUT2D eigenvalue weighted by atomic mass is 10.1. The Hall–Kier alpha value is -3.61. The maximum atomic E-state index is 13.2. The molecule has 1 N–H and O–H groups in total. The molecular weight excluding hydrogens is 506 g/mol. The Bertz CT molecular complexity index is 1420. The molecule has 0 aliphatic carbocycles. The van der Waals surface area contributed by atoms with E-state index in [-0.39, 0.29) is 5.91 Å². The van der Waals surface area contributed by atoms with Crippen LogP contribution in [0, 0.1) is 20.8 Å². The van der Waals surface area contributed by atoms with Crippen LogP contribution in [0.3, 0.4) is 0 Å². The van der Waals surface area contributed by atoms with Gasteiger partial charge in [-0.3, -0.25) is 14.3 Å². The number of halogens is 1. The fourth-order valence-electron chi connectivity index (χ4n) is 5.25. The third-order valence-electron chi connectivity index (χ3n) is 7.54. The molecule has 1 fully saturated rings. The van der Waals surface area contributed by atoms with Crippen molar-refractivity contribution in [3.05, 3.63) is 100 Å². The van der Waals surface area contributed by atoms with E-state index in [0.717, 1.165) is 72.5 Å². The molecule has 0 bridgehead atoms. The summed E-state index contributed by atoms with van der Waals surface area (Å²) in [6.07, 6.45) is 0.894. The number of hydrogen-bond acceptors (Lipinski definition) is 4. The van der Waals surface area contributed by atoms with Gasteiger partial charge in [-0.05, 0) is 63.6 Å². The predicted molar refractivity (Wildman–Crippen MR) is 160 cm³/mol. The van der Waals surface area contributed by atoms with E-state index in [1.165, 1.54) is 11.3 Å². The molecule has 202 valence electrons. The van der Waals surface area contributed by atoms with E-state index in [4.69, 9.17) is 16.6 Å². The molecule has 5 rings (SSSR count). The van der Waals surface area contributed by atoms with E-state index in [0.29, 0.717) is 12.2 Å². The van der Waals surface area contributed by atoms with Gasteiger partial charge < -0.3 is 10.2 Å². The summed E-state index contributed by atoms with van der Waals surface area (Å²) in [5.41, 5.74) is 6.85. The summed E-state index contributed by atoms with van der Waals surface area (Å²) in [5, 5.41) is 3.93. The van der Waals surface area contributed by atoms with Gasteiger partial charge in [0, 0.05) is 54.7 Å². The van der Waals surface area contributed by atoms with Crippen molar-refractivity contribution in [3.8, 4) is 17.1 Å². The van der Waals surface area contributed by atoms with Gasteiger partial charge in [-0.15, -0.1) is 0 Å². The number of piperazine rings is 1. The highest BCUT2D eigenvalue weighted by Crippen LogP contribution is 2.28. The Kier molecular flexibility index (Phi) is 8.34. The van der Waals surface area contributed by atoms with Gasteiger partial charge in [0.2, 0.25) is 0 Å². The molecule has 4 aromatic rings. The van der Waals surface area contributed by atoms with E-state index in [1.807, 2.05) is 49.4 Å². The topological polar surface area (TPSA) is 53.4 Å². The molecule has 0 radical (unpaired) electrons. The van der Waals surface area contributed by atoms with Crippen molar-refractivity contribution in [1.29, 1.82) is 0 Å². The van der Waals surface area contributed by atoms with Crippen LogP contribution < -0.4 is 10.2 Å². The number of amides is 1. The molecule has 1 aliphatic rings. The molecule has 0 atom stereocenters. The van der Waals surface area contributed by atoms with Gasteiger partial charge in [0.25, 0.3) is 5.91 Å². The molecule has 1 aromatic heterocycles. The van der Waals surface area contributed by atoms with E-state index < -0.39 is 0 Å². The summed E-state index contributed by atoms with van der Waals surface area (Å²) < 4.78 is 2.07. The SMILES string of the molecule is Cc1ccc(-n2c(-c3ccccc3)nc(C(=O)NCCCN3CCN(c4cccc(Cl)c4C)CC3)c2C)cc1. The standard InChI is InChI=1S/C32H36ClN5O/c1-23-13-15-27(16-14-23)38-25(3)30(35-31(38)26-9-5-4-6-10-26)32(39)34-17-8-18-36-19-21-37(22-20-36)29-12-7-11-28(33)24(29)2/h4-7,9-16H,8,17-22H2,1-3H3,(H,34,39). The van der Waals surface area contributed by atoms with Crippen molar-refractivity contribution >= 4 is 23.2 Å². The predicted octanol–water partition coefficient (Wildman–Crippen LogP) is 6.06. The summed E-state index contributed by atoms with van der Waals surface area (Å²) in [7, 11) is 0. The van der Waals surface area contributed by atoms with Gasteiger partial charge in [0.1, 0.15) is 11.5 Å². The highest BCUT2D eigenvalue weighted by atomic mass is 35.5. The number of nitrogens with zero attached hydrogens (tertiary/aromatic N) is 4. The smallest absolute Gasteiger partial charge is 0.271 e. The third-order valence-corrected chi connectivity index (χ3v) is 7.95. The van der Waals surface area contributed by atoms with Crippen molar-refractivity contribution in [2.24, 2.45) is 0 Å². The van der Waals surface area contributed by atoms with Gasteiger partial charge in [-0.1, -0.05) is 65.7 Å². The van der Waals surface area contributed by atoms with Crippen LogP contribution in [0.25, 0.3) is 17.1 Å². The summed E-state index contributed by atoms with van der Waals surface area (Å²) in [6.45, 7) is 11.6. The van der Waals surface area contributed by atoms with E-state index >= 15 is 0 Å². The minimum absolute atomic E-state index is 0.128. The Morgan fingerprint density at radius 2 is 1.62 bits per heavy atom. The maximum Gasteiger partial charge on any atom is 0.271 e. The van der Waals surface area contributed by atoms with Crippen LogP contribution in [-0.4, -0.2) is 59.6 Å². The zero-order chi connectivity index (χ0) is 27.4. The summed E-state index contributed by atoms with van der Waals surface area (Å²) >= 11 is 6.33. The van der Waals surface area contributed by atoms with Crippen molar-refractivity contribution in [2.45, 2.75) is 27.2 Å². The lowest BCUT2D eigenvalue weighted by Crippen LogP contribution is -2.47. The van der Waals surface area contributed by atoms with Crippen LogP contribution in [0.2, 0.25) is 5.02 Å². The second-order valence-corrected chi connectivity index (χ2v) is 10.6. The molecule has 1 amide bonds. The van der Waals surface area contributed by atoms with E-state index in [1.54, 1.807) is 0 Å². The average Bonchev–Trinajstić information content (AvgIpc) is 3.31. The van der Waals surface area contributed by atoms with Crippen LogP contribution in [0.5, 0.6) is 0 Å². The van der Waals surface area contributed by atoms with E-state index in [2.05, 4.69) is 63.9 Å². The number of rotatable bonds is 8. The second kappa shape index (κ2) is 12.1. The third kappa shape index (κ3) is 6.02. The highest BCUT2D eigenvalue weighted by molar-refractivity contribution is 6.31. The number of carbonyl (C=O) groups excluding carboxylic acids is 1. The fraction of sp³-hybridized carbons (Fsp3) is 0.312. The molecule has 0 saturated carbocycles. The second-order valence-electron chi connectivity index (χ2n) is 10.2. The number of aromatic nitrogens is 2. The molecule has 0 spiro atoms. The van der Waals surface area contributed by atoms with Gasteiger partial charge in [0.15, 0.2) is 0 Å².